The lowest BCUT2D eigenvalue weighted by atomic mass is 10.0. The summed E-state index contributed by atoms with van der Waals surface area (Å²) in [4.78, 5) is 38.0. The number of rotatable bonds is 12. The van der Waals surface area contributed by atoms with Gasteiger partial charge >= 0.3 is 5.97 Å². The van der Waals surface area contributed by atoms with Crippen LogP contribution in [0, 0.1) is 5.82 Å². The van der Waals surface area contributed by atoms with Crippen LogP contribution in [0.15, 0.2) is 42.5 Å². The highest BCUT2D eigenvalue weighted by Gasteiger charge is 2.28. The summed E-state index contributed by atoms with van der Waals surface area (Å²) in [6, 6.07) is 11.3. The summed E-state index contributed by atoms with van der Waals surface area (Å²) >= 11 is 5.99. The number of ether oxygens (including phenoxy) is 1. The predicted molar refractivity (Wildman–Crippen MR) is 125 cm³/mol. The summed E-state index contributed by atoms with van der Waals surface area (Å²) < 4.78 is 20.2. The van der Waals surface area contributed by atoms with Crippen LogP contribution in [0.2, 0.25) is 5.02 Å². The van der Waals surface area contributed by atoms with Crippen LogP contribution in [-0.4, -0.2) is 52.4 Å². The van der Waals surface area contributed by atoms with Crippen molar-refractivity contribution in [3.8, 4) is 5.75 Å². The number of aliphatic carboxylic acids is 1. The van der Waals surface area contributed by atoms with Crippen molar-refractivity contribution in [1.82, 2.24) is 9.80 Å². The van der Waals surface area contributed by atoms with Gasteiger partial charge < -0.3 is 9.84 Å². The molecule has 3 rings (SSSR count). The number of benzene rings is 2. The number of hydrogen-bond acceptors (Lipinski definition) is 5. The monoisotopic (exact) mass is 490 g/mol. The minimum Gasteiger partial charge on any atom is -0.489 e. The van der Waals surface area contributed by atoms with Crippen molar-refractivity contribution < 1.29 is 28.6 Å². The van der Waals surface area contributed by atoms with E-state index < -0.39 is 17.8 Å². The minimum absolute atomic E-state index is 0.00690. The largest absolute Gasteiger partial charge is 0.489 e. The number of carbonyl (C=O) groups is 3. The Kier molecular flexibility index (Phi) is 9.01. The Morgan fingerprint density at radius 1 is 1.18 bits per heavy atom. The fourth-order valence-electron chi connectivity index (χ4n) is 4.05. The molecule has 2 amide bonds. The van der Waals surface area contributed by atoms with Crippen molar-refractivity contribution in [3.63, 3.8) is 0 Å². The van der Waals surface area contributed by atoms with Gasteiger partial charge in [-0.05, 0) is 48.4 Å². The molecule has 0 aliphatic carbocycles. The van der Waals surface area contributed by atoms with Crippen molar-refractivity contribution >= 4 is 29.4 Å². The molecular formula is C25H28ClFN2O5. The van der Waals surface area contributed by atoms with Crippen LogP contribution in [0.25, 0.3) is 0 Å². The van der Waals surface area contributed by atoms with E-state index in [0.717, 1.165) is 16.9 Å². The van der Waals surface area contributed by atoms with Crippen LogP contribution in [0.1, 0.15) is 49.8 Å². The lowest BCUT2D eigenvalue weighted by molar-refractivity contribution is -0.140. The first-order valence-corrected chi connectivity index (χ1v) is 11.6. The van der Waals surface area contributed by atoms with Gasteiger partial charge in [0.05, 0.1) is 13.0 Å². The summed E-state index contributed by atoms with van der Waals surface area (Å²) in [6.07, 6.45) is 1.10. The van der Waals surface area contributed by atoms with Gasteiger partial charge in [0.15, 0.2) is 11.6 Å². The predicted octanol–water partition coefficient (Wildman–Crippen LogP) is 4.43. The van der Waals surface area contributed by atoms with Crippen molar-refractivity contribution in [2.75, 3.05) is 19.7 Å². The number of amides is 2. The molecule has 1 N–H and O–H groups in total. The average molecular weight is 491 g/mol. The zero-order chi connectivity index (χ0) is 24.7. The molecule has 182 valence electrons. The number of halogens is 2. The van der Waals surface area contributed by atoms with E-state index in [1.165, 1.54) is 12.1 Å². The summed E-state index contributed by atoms with van der Waals surface area (Å²) in [7, 11) is 0. The maximum absolute atomic E-state index is 14.7. The highest BCUT2D eigenvalue weighted by Crippen LogP contribution is 2.29. The van der Waals surface area contributed by atoms with Gasteiger partial charge in [0.2, 0.25) is 11.8 Å². The average Bonchev–Trinajstić information content (AvgIpc) is 3.11. The number of likely N-dealkylation sites (tertiary alicyclic amines) is 1. The smallest absolute Gasteiger partial charge is 0.305 e. The van der Waals surface area contributed by atoms with E-state index in [4.69, 9.17) is 16.3 Å². The molecule has 1 aliphatic rings. The third kappa shape index (κ3) is 6.77. The molecule has 2 aromatic rings. The summed E-state index contributed by atoms with van der Waals surface area (Å²) in [6.45, 7) is 3.06. The molecule has 0 aromatic heterocycles. The number of hydrogen-bond donors (Lipinski definition) is 1. The number of carboxylic acids is 1. The van der Waals surface area contributed by atoms with Crippen molar-refractivity contribution in [3.05, 3.63) is 64.4 Å². The molecular weight excluding hydrogens is 463 g/mol. The van der Waals surface area contributed by atoms with E-state index in [9.17, 15) is 23.9 Å². The van der Waals surface area contributed by atoms with Crippen LogP contribution in [0.3, 0.4) is 0 Å². The second-order valence-corrected chi connectivity index (χ2v) is 8.62. The number of carboxylic acid groups (broad SMARTS) is 1. The fraction of sp³-hybridized carbons (Fsp3) is 0.400. The van der Waals surface area contributed by atoms with Gasteiger partial charge in [0, 0.05) is 30.5 Å². The summed E-state index contributed by atoms with van der Waals surface area (Å²) in [5.41, 5.74) is 1.50. The third-order valence-electron chi connectivity index (χ3n) is 5.68. The second kappa shape index (κ2) is 11.9. The molecule has 9 heteroatoms. The Labute approximate surface area is 203 Å². The number of imide groups is 1. The van der Waals surface area contributed by atoms with E-state index in [2.05, 4.69) is 0 Å². The highest BCUT2D eigenvalue weighted by atomic mass is 35.5. The van der Waals surface area contributed by atoms with Crippen molar-refractivity contribution in [2.45, 2.75) is 45.2 Å². The SMILES string of the molecule is CCCN(Cc1ccc(OCCN2C(=O)CCC2=O)c(F)c1)C(CC(=O)O)c1ccc(Cl)cc1. The minimum atomic E-state index is -0.925. The van der Waals surface area contributed by atoms with Gasteiger partial charge in [-0.15, -0.1) is 0 Å². The molecule has 1 atom stereocenters. The molecule has 7 nitrogen and oxygen atoms in total. The Morgan fingerprint density at radius 2 is 1.85 bits per heavy atom. The van der Waals surface area contributed by atoms with E-state index in [-0.39, 0.29) is 50.0 Å². The standard InChI is InChI=1S/C25H28ClFN2O5/c1-2-11-28(21(15-25(32)33)18-4-6-19(26)7-5-18)16-17-3-8-22(20(27)14-17)34-13-12-29-23(30)9-10-24(29)31/h3-8,14,21H,2,9-13,15-16H2,1H3,(H,32,33). The second-order valence-electron chi connectivity index (χ2n) is 8.19. The zero-order valence-electron chi connectivity index (χ0n) is 19.0. The molecule has 0 spiro atoms. The van der Waals surface area contributed by atoms with Crippen LogP contribution in [0.5, 0.6) is 5.75 Å². The molecule has 1 saturated heterocycles. The van der Waals surface area contributed by atoms with E-state index >= 15 is 0 Å². The Balaban J connectivity index is 1.69. The molecule has 34 heavy (non-hydrogen) atoms. The quantitative estimate of drug-likeness (QED) is 0.443. The maximum atomic E-state index is 14.7. The van der Waals surface area contributed by atoms with Crippen molar-refractivity contribution in [2.24, 2.45) is 0 Å². The van der Waals surface area contributed by atoms with Gasteiger partial charge in [0.1, 0.15) is 6.61 Å². The van der Waals surface area contributed by atoms with Crippen LogP contribution in [-0.2, 0) is 20.9 Å². The first-order chi connectivity index (χ1) is 16.3. The molecule has 0 saturated carbocycles. The molecule has 1 aliphatic heterocycles. The maximum Gasteiger partial charge on any atom is 0.305 e. The molecule has 0 bridgehead atoms. The zero-order valence-corrected chi connectivity index (χ0v) is 19.8. The lowest BCUT2D eigenvalue weighted by Gasteiger charge is -2.31. The number of nitrogens with zero attached hydrogens (tertiary/aromatic N) is 2. The van der Waals surface area contributed by atoms with Crippen LogP contribution in [0.4, 0.5) is 4.39 Å². The normalized spacial score (nSPS) is 14.6. The van der Waals surface area contributed by atoms with Gasteiger partial charge in [-0.1, -0.05) is 36.7 Å². The van der Waals surface area contributed by atoms with Gasteiger partial charge in [0.25, 0.3) is 0 Å². The van der Waals surface area contributed by atoms with E-state index in [1.807, 2.05) is 24.0 Å². The molecule has 1 fully saturated rings. The molecule has 0 radical (unpaired) electrons. The van der Waals surface area contributed by atoms with Gasteiger partial charge in [-0.2, -0.15) is 0 Å². The first kappa shape index (κ1) is 25.6. The molecule has 1 heterocycles. The Bertz CT molecular complexity index is 1010. The van der Waals surface area contributed by atoms with Gasteiger partial charge in [-0.25, -0.2) is 4.39 Å². The summed E-state index contributed by atoms with van der Waals surface area (Å²) in [5.74, 6) is -1.93. The highest BCUT2D eigenvalue weighted by molar-refractivity contribution is 6.30. The third-order valence-corrected chi connectivity index (χ3v) is 5.94. The topological polar surface area (TPSA) is 87.2 Å². The summed E-state index contributed by atoms with van der Waals surface area (Å²) in [5, 5.41) is 10.0. The van der Waals surface area contributed by atoms with Crippen LogP contribution >= 0.6 is 11.6 Å². The van der Waals surface area contributed by atoms with E-state index in [1.54, 1.807) is 18.2 Å². The Hall–Kier alpha value is -2.97. The first-order valence-electron chi connectivity index (χ1n) is 11.2. The molecule has 2 aromatic carbocycles. The van der Waals surface area contributed by atoms with Crippen molar-refractivity contribution in [1.29, 1.82) is 0 Å². The Morgan fingerprint density at radius 3 is 2.44 bits per heavy atom. The fourth-order valence-corrected chi connectivity index (χ4v) is 4.18. The lowest BCUT2D eigenvalue weighted by Crippen LogP contribution is -2.33. The molecule has 1 unspecified atom stereocenters. The number of carbonyl (C=O) groups excluding carboxylic acids is 2. The van der Waals surface area contributed by atoms with E-state index in [0.29, 0.717) is 23.7 Å². The van der Waals surface area contributed by atoms with Gasteiger partial charge in [-0.3, -0.25) is 24.2 Å². The van der Waals surface area contributed by atoms with Crippen LogP contribution < -0.4 is 4.74 Å².